The Balaban J connectivity index is 2.14. The number of nitrogens with one attached hydrogen (secondary N) is 2. The molecule has 0 atom stereocenters. The number of para-hydroxylation sites is 1. The predicted molar refractivity (Wildman–Crippen MR) is 77.8 cm³/mol. The van der Waals surface area contributed by atoms with E-state index in [0.29, 0.717) is 17.1 Å². The minimum atomic E-state index is -3.43. The number of rotatable bonds is 7. The first kappa shape index (κ1) is 14.3. The van der Waals surface area contributed by atoms with Gasteiger partial charge in [0, 0.05) is 13.1 Å². The van der Waals surface area contributed by atoms with Crippen LogP contribution in [0.4, 0.5) is 5.69 Å². The summed E-state index contributed by atoms with van der Waals surface area (Å²) in [6.45, 7) is 5.45. The van der Waals surface area contributed by atoms with Gasteiger partial charge in [0.1, 0.15) is 4.90 Å². The molecule has 0 bridgehead atoms. The molecule has 5 heteroatoms. The normalized spacial score (nSPS) is 17.2. The van der Waals surface area contributed by atoms with Crippen LogP contribution in [0.2, 0.25) is 0 Å². The van der Waals surface area contributed by atoms with E-state index in [1.54, 1.807) is 12.1 Å². The van der Waals surface area contributed by atoms with Gasteiger partial charge in [-0.3, -0.25) is 0 Å². The summed E-state index contributed by atoms with van der Waals surface area (Å²) in [5.41, 5.74) is 0.844. The Morgan fingerprint density at radius 3 is 2.58 bits per heavy atom. The third kappa shape index (κ3) is 3.70. The summed E-state index contributed by atoms with van der Waals surface area (Å²) < 4.78 is 27.4. The molecule has 1 aliphatic rings. The van der Waals surface area contributed by atoms with E-state index in [-0.39, 0.29) is 5.41 Å². The molecule has 4 nitrogen and oxygen atoms in total. The number of hydrogen-bond donors (Lipinski definition) is 2. The maximum absolute atomic E-state index is 12.3. The highest BCUT2D eigenvalue weighted by Crippen LogP contribution is 2.44. The lowest BCUT2D eigenvalue weighted by atomic mass is 10.2. The molecule has 1 fully saturated rings. The van der Waals surface area contributed by atoms with Crippen molar-refractivity contribution in [2.75, 3.05) is 18.4 Å². The lowest BCUT2D eigenvalue weighted by Crippen LogP contribution is -2.29. The molecule has 0 heterocycles. The highest BCUT2D eigenvalue weighted by Gasteiger charge is 2.38. The molecule has 0 aromatic heterocycles. The average Bonchev–Trinajstić information content (AvgIpc) is 3.13. The van der Waals surface area contributed by atoms with Crippen LogP contribution in [0.3, 0.4) is 0 Å². The Morgan fingerprint density at radius 1 is 1.26 bits per heavy atom. The molecule has 2 N–H and O–H groups in total. The van der Waals surface area contributed by atoms with Crippen LogP contribution in [0, 0.1) is 5.41 Å². The molecule has 106 valence electrons. The third-order valence-corrected chi connectivity index (χ3v) is 4.99. The second-order valence-corrected chi connectivity index (χ2v) is 7.29. The molecule has 1 aliphatic carbocycles. The number of sulfonamides is 1. The molecular weight excluding hydrogens is 260 g/mol. The van der Waals surface area contributed by atoms with Gasteiger partial charge in [0.05, 0.1) is 5.69 Å². The van der Waals surface area contributed by atoms with Crippen LogP contribution in [-0.4, -0.2) is 21.5 Å². The fraction of sp³-hybridized carbons (Fsp3) is 0.571. The maximum Gasteiger partial charge on any atom is 0.242 e. The molecular formula is C14H22N2O2S. The first-order valence-corrected chi connectivity index (χ1v) is 8.28. The zero-order valence-electron chi connectivity index (χ0n) is 11.6. The van der Waals surface area contributed by atoms with Crippen LogP contribution in [0.15, 0.2) is 29.2 Å². The van der Waals surface area contributed by atoms with E-state index in [1.807, 2.05) is 12.1 Å². The van der Waals surface area contributed by atoms with E-state index < -0.39 is 10.0 Å². The first-order valence-electron chi connectivity index (χ1n) is 6.79. The Kier molecular flexibility index (Phi) is 4.16. The fourth-order valence-electron chi connectivity index (χ4n) is 1.84. The zero-order valence-corrected chi connectivity index (χ0v) is 12.4. The maximum atomic E-state index is 12.3. The molecule has 0 aliphatic heterocycles. The van der Waals surface area contributed by atoms with Gasteiger partial charge in [0.2, 0.25) is 10.0 Å². The predicted octanol–water partition coefficient (Wildman–Crippen LogP) is 2.59. The van der Waals surface area contributed by atoms with Gasteiger partial charge in [-0.15, -0.1) is 0 Å². The summed E-state index contributed by atoms with van der Waals surface area (Å²) in [7, 11) is -3.43. The van der Waals surface area contributed by atoms with Gasteiger partial charge in [-0.25, -0.2) is 13.1 Å². The topological polar surface area (TPSA) is 58.2 Å². The lowest BCUT2D eigenvalue weighted by molar-refractivity contribution is 0.530. The van der Waals surface area contributed by atoms with Gasteiger partial charge in [0.15, 0.2) is 0 Å². The summed E-state index contributed by atoms with van der Waals surface area (Å²) in [6.07, 6.45) is 3.16. The van der Waals surface area contributed by atoms with Crippen LogP contribution in [0.1, 0.15) is 33.1 Å². The molecule has 0 unspecified atom stereocenters. The standard InChI is InChI=1S/C14H22N2O2S/c1-3-10-15-12-6-4-5-7-13(12)19(17,18)16-11-14(2)8-9-14/h4-7,15-16H,3,8-11H2,1-2H3. The highest BCUT2D eigenvalue weighted by atomic mass is 32.2. The van der Waals surface area contributed by atoms with Crippen molar-refractivity contribution in [3.05, 3.63) is 24.3 Å². The summed E-state index contributed by atoms with van der Waals surface area (Å²) in [6, 6.07) is 7.06. The quantitative estimate of drug-likeness (QED) is 0.808. The molecule has 1 aromatic carbocycles. The van der Waals surface area contributed by atoms with E-state index in [2.05, 4.69) is 23.9 Å². The van der Waals surface area contributed by atoms with Gasteiger partial charge in [-0.2, -0.15) is 0 Å². The van der Waals surface area contributed by atoms with Gasteiger partial charge in [-0.05, 0) is 36.8 Å². The zero-order chi connectivity index (χ0) is 13.9. The highest BCUT2D eigenvalue weighted by molar-refractivity contribution is 7.89. The Bertz CT molecular complexity index is 536. The molecule has 1 aromatic rings. The molecule has 19 heavy (non-hydrogen) atoms. The molecule has 0 radical (unpaired) electrons. The minimum Gasteiger partial charge on any atom is -0.384 e. The van der Waals surface area contributed by atoms with Gasteiger partial charge >= 0.3 is 0 Å². The van der Waals surface area contributed by atoms with Crippen LogP contribution < -0.4 is 10.0 Å². The van der Waals surface area contributed by atoms with E-state index in [4.69, 9.17) is 0 Å². The van der Waals surface area contributed by atoms with Gasteiger partial charge in [0.25, 0.3) is 0 Å². The molecule has 0 amide bonds. The summed E-state index contributed by atoms with van der Waals surface area (Å²) in [4.78, 5) is 0.340. The number of benzene rings is 1. The number of hydrogen-bond acceptors (Lipinski definition) is 3. The van der Waals surface area contributed by atoms with Crippen molar-refractivity contribution in [1.82, 2.24) is 4.72 Å². The molecule has 0 spiro atoms. The van der Waals surface area contributed by atoms with E-state index in [9.17, 15) is 8.42 Å². The first-order chi connectivity index (χ1) is 8.97. The average molecular weight is 282 g/mol. The van der Waals surface area contributed by atoms with Crippen molar-refractivity contribution in [1.29, 1.82) is 0 Å². The van der Waals surface area contributed by atoms with Crippen LogP contribution in [0.25, 0.3) is 0 Å². The molecule has 1 saturated carbocycles. The largest absolute Gasteiger partial charge is 0.384 e. The van der Waals surface area contributed by atoms with Crippen LogP contribution in [-0.2, 0) is 10.0 Å². The van der Waals surface area contributed by atoms with Crippen molar-refractivity contribution in [3.63, 3.8) is 0 Å². The second-order valence-electron chi connectivity index (χ2n) is 5.56. The van der Waals surface area contributed by atoms with Crippen molar-refractivity contribution < 1.29 is 8.42 Å². The van der Waals surface area contributed by atoms with E-state index >= 15 is 0 Å². The van der Waals surface area contributed by atoms with Crippen molar-refractivity contribution in [2.45, 2.75) is 38.0 Å². The minimum absolute atomic E-state index is 0.166. The van der Waals surface area contributed by atoms with E-state index in [0.717, 1.165) is 25.8 Å². The summed E-state index contributed by atoms with van der Waals surface area (Å²) in [5.74, 6) is 0. The van der Waals surface area contributed by atoms with E-state index in [1.165, 1.54) is 0 Å². The summed E-state index contributed by atoms with van der Waals surface area (Å²) in [5, 5.41) is 3.16. The van der Waals surface area contributed by atoms with Crippen molar-refractivity contribution >= 4 is 15.7 Å². The van der Waals surface area contributed by atoms with Crippen molar-refractivity contribution in [2.24, 2.45) is 5.41 Å². The Hall–Kier alpha value is -1.07. The smallest absolute Gasteiger partial charge is 0.242 e. The Labute approximate surface area is 115 Å². The SMILES string of the molecule is CCCNc1ccccc1S(=O)(=O)NCC1(C)CC1. The van der Waals surface area contributed by atoms with Crippen molar-refractivity contribution in [3.8, 4) is 0 Å². The molecule has 2 rings (SSSR count). The monoisotopic (exact) mass is 282 g/mol. The van der Waals surface area contributed by atoms with Gasteiger partial charge < -0.3 is 5.32 Å². The van der Waals surface area contributed by atoms with Gasteiger partial charge in [-0.1, -0.05) is 26.0 Å². The van der Waals surface area contributed by atoms with Crippen LogP contribution >= 0.6 is 0 Å². The molecule has 0 saturated heterocycles. The lowest BCUT2D eigenvalue weighted by Gasteiger charge is -2.14. The second kappa shape index (κ2) is 5.51. The van der Waals surface area contributed by atoms with Crippen LogP contribution in [0.5, 0.6) is 0 Å². The summed E-state index contributed by atoms with van der Waals surface area (Å²) >= 11 is 0. The fourth-order valence-corrected chi connectivity index (χ4v) is 3.23. The third-order valence-electron chi connectivity index (χ3n) is 3.53. The number of anilines is 1. The Morgan fingerprint density at radius 2 is 1.95 bits per heavy atom.